The molecule has 1 atom stereocenters. The van der Waals surface area contributed by atoms with E-state index in [1.165, 1.54) is 12.0 Å². The third-order valence-electron chi connectivity index (χ3n) is 5.41. The first-order valence-electron chi connectivity index (χ1n) is 10.1. The highest BCUT2D eigenvalue weighted by Gasteiger charge is 2.24. The van der Waals surface area contributed by atoms with Crippen molar-refractivity contribution in [2.24, 2.45) is 10.9 Å². The maximum Gasteiger partial charge on any atom is 0.193 e. The van der Waals surface area contributed by atoms with Crippen LogP contribution in [0.25, 0.3) is 5.65 Å². The third kappa shape index (κ3) is 4.32. The van der Waals surface area contributed by atoms with Gasteiger partial charge in [0.05, 0.1) is 0 Å². The minimum Gasteiger partial charge on any atom is -0.356 e. The van der Waals surface area contributed by atoms with E-state index in [4.69, 9.17) is 0 Å². The van der Waals surface area contributed by atoms with Gasteiger partial charge in [0.1, 0.15) is 5.82 Å². The molecule has 1 saturated heterocycles. The van der Waals surface area contributed by atoms with Gasteiger partial charge in [-0.05, 0) is 42.9 Å². The fraction of sp³-hybridized carbons (Fsp3) is 0.409. The molecule has 0 aliphatic carbocycles. The quantitative estimate of drug-likeness (QED) is 0.408. The monoisotopic (exact) mass is 376 g/mol. The van der Waals surface area contributed by atoms with Crippen LogP contribution in [0.2, 0.25) is 0 Å². The van der Waals surface area contributed by atoms with Crippen molar-refractivity contribution in [3.05, 3.63) is 66.1 Å². The van der Waals surface area contributed by atoms with E-state index in [0.29, 0.717) is 5.92 Å². The van der Waals surface area contributed by atoms with E-state index < -0.39 is 0 Å². The molecule has 1 aromatic carbocycles. The second-order valence-electron chi connectivity index (χ2n) is 7.41. The molecule has 0 radical (unpaired) electrons. The van der Waals surface area contributed by atoms with E-state index in [1.54, 1.807) is 0 Å². The largest absolute Gasteiger partial charge is 0.356 e. The highest BCUT2D eigenvalue weighted by atomic mass is 15.3. The van der Waals surface area contributed by atoms with Crippen LogP contribution in [-0.2, 0) is 12.8 Å². The summed E-state index contributed by atoms with van der Waals surface area (Å²) in [4.78, 5) is 6.88. The van der Waals surface area contributed by atoms with Gasteiger partial charge in [-0.1, -0.05) is 36.4 Å². The molecule has 1 unspecified atom stereocenters. The summed E-state index contributed by atoms with van der Waals surface area (Å²) < 4.78 is 2.06. The van der Waals surface area contributed by atoms with Crippen molar-refractivity contribution < 1.29 is 0 Å². The molecule has 28 heavy (non-hydrogen) atoms. The third-order valence-corrected chi connectivity index (χ3v) is 5.41. The summed E-state index contributed by atoms with van der Waals surface area (Å²) in [6.07, 6.45) is 6.28. The fourth-order valence-corrected chi connectivity index (χ4v) is 3.98. The highest BCUT2D eigenvalue weighted by molar-refractivity contribution is 5.80. The molecule has 2 aromatic heterocycles. The fourth-order valence-electron chi connectivity index (χ4n) is 3.98. The lowest BCUT2D eigenvalue weighted by molar-refractivity contribution is 0.459. The molecule has 1 N–H and O–H groups in total. The lowest BCUT2D eigenvalue weighted by Crippen LogP contribution is -2.40. The standard InChI is InChI=1S/C22H28N6/c1-23-22(27-15-12-19(17-27)16-18-8-3-2-4-9-18)24-13-7-11-21-26-25-20-10-5-6-14-28(20)21/h2-6,8-10,14,19H,7,11-13,15-17H2,1H3,(H,23,24). The zero-order chi connectivity index (χ0) is 19.2. The number of aryl methyl sites for hydroxylation is 1. The van der Waals surface area contributed by atoms with Gasteiger partial charge in [0.15, 0.2) is 11.6 Å². The molecule has 0 saturated carbocycles. The molecule has 0 spiro atoms. The minimum atomic E-state index is 0.698. The van der Waals surface area contributed by atoms with Gasteiger partial charge in [0.2, 0.25) is 0 Å². The van der Waals surface area contributed by atoms with Crippen molar-refractivity contribution in [1.29, 1.82) is 0 Å². The van der Waals surface area contributed by atoms with E-state index in [9.17, 15) is 0 Å². The number of pyridine rings is 1. The Kier molecular flexibility index (Phi) is 5.85. The van der Waals surface area contributed by atoms with Crippen molar-refractivity contribution >= 4 is 11.6 Å². The summed E-state index contributed by atoms with van der Waals surface area (Å²) in [7, 11) is 1.87. The number of hydrogen-bond acceptors (Lipinski definition) is 3. The summed E-state index contributed by atoms with van der Waals surface area (Å²) in [6.45, 7) is 3.03. The Morgan fingerprint density at radius 2 is 2.00 bits per heavy atom. The number of hydrogen-bond donors (Lipinski definition) is 1. The van der Waals surface area contributed by atoms with Crippen molar-refractivity contribution in [3.8, 4) is 0 Å². The zero-order valence-corrected chi connectivity index (χ0v) is 16.5. The van der Waals surface area contributed by atoms with Crippen molar-refractivity contribution in [2.75, 3.05) is 26.7 Å². The van der Waals surface area contributed by atoms with Gasteiger partial charge in [-0.2, -0.15) is 0 Å². The molecule has 146 valence electrons. The first-order chi connectivity index (χ1) is 13.8. The van der Waals surface area contributed by atoms with Gasteiger partial charge < -0.3 is 10.2 Å². The van der Waals surface area contributed by atoms with Crippen LogP contribution >= 0.6 is 0 Å². The molecule has 4 rings (SSSR count). The van der Waals surface area contributed by atoms with Gasteiger partial charge in [-0.15, -0.1) is 10.2 Å². The molecule has 0 bridgehead atoms. The second-order valence-corrected chi connectivity index (χ2v) is 7.41. The van der Waals surface area contributed by atoms with Crippen LogP contribution in [0.3, 0.4) is 0 Å². The maximum absolute atomic E-state index is 4.49. The Labute approximate surface area is 166 Å². The average Bonchev–Trinajstić information content (AvgIpc) is 3.36. The smallest absolute Gasteiger partial charge is 0.193 e. The van der Waals surface area contributed by atoms with Crippen LogP contribution in [0.4, 0.5) is 0 Å². The molecule has 6 nitrogen and oxygen atoms in total. The first kappa shape index (κ1) is 18.5. The predicted molar refractivity (Wildman–Crippen MR) is 112 cm³/mol. The average molecular weight is 377 g/mol. The molecule has 1 fully saturated rings. The summed E-state index contributed by atoms with van der Waals surface area (Å²) in [6, 6.07) is 16.8. The Morgan fingerprint density at radius 3 is 2.86 bits per heavy atom. The van der Waals surface area contributed by atoms with Crippen LogP contribution in [0.1, 0.15) is 24.2 Å². The van der Waals surface area contributed by atoms with E-state index in [2.05, 4.69) is 60.1 Å². The Hall–Kier alpha value is -2.89. The number of guanidine groups is 1. The van der Waals surface area contributed by atoms with Crippen LogP contribution in [-0.4, -0.2) is 52.1 Å². The summed E-state index contributed by atoms with van der Waals surface area (Å²) in [5.74, 6) is 2.72. The minimum absolute atomic E-state index is 0.698. The molecule has 1 aliphatic rings. The molecular formula is C22H28N6. The first-order valence-corrected chi connectivity index (χ1v) is 10.1. The maximum atomic E-state index is 4.49. The summed E-state index contributed by atoms with van der Waals surface area (Å²) >= 11 is 0. The van der Waals surface area contributed by atoms with Crippen molar-refractivity contribution in [1.82, 2.24) is 24.8 Å². The molecular weight excluding hydrogens is 348 g/mol. The summed E-state index contributed by atoms with van der Waals surface area (Å²) in [5, 5.41) is 12.0. The van der Waals surface area contributed by atoms with Crippen LogP contribution in [0.15, 0.2) is 59.7 Å². The molecule has 6 heteroatoms. The molecule has 1 aliphatic heterocycles. The zero-order valence-electron chi connectivity index (χ0n) is 16.5. The number of benzene rings is 1. The Morgan fingerprint density at radius 1 is 1.14 bits per heavy atom. The molecule has 0 amide bonds. The number of aromatic nitrogens is 3. The lowest BCUT2D eigenvalue weighted by Gasteiger charge is -2.21. The van der Waals surface area contributed by atoms with Crippen molar-refractivity contribution in [2.45, 2.75) is 25.7 Å². The number of nitrogens with zero attached hydrogens (tertiary/aromatic N) is 5. The highest BCUT2D eigenvalue weighted by Crippen LogP contribution is 2.20. The Balaban J connectivity index is 1.24. The van der Waals surface area contributed by atoms with E-state index in [0.717, 1.165) is 56.3 Å². The van der Waals surface area contributed by atoms with Gasteiger partial charge in [-0.25, -0.2) is 0 Å². The van der Waals surface area contributed by atoms with Gasteiger partial charge in [0.25, 0.3) is 0 Å². The van der Waals surface area contributed by atoms with Crippen molar-refractivity contribution in [3.63, 3.8) is 0 Å². The van der Waals surface area contributed by atoms with Crippen LogP contribution < -0.4 is 5.32 Å². The normalized spacial score (nSPS) is 17.4. The van der Waals surface area contributed by atoms with E-state index in [-0.39, 0.29) is 0 Å². The lowest BCUT2D eigenvalue weighted by atomic mass is 9.99. The topological polar surface area (TPSA) is 57.8 Å². The number of likely N-dealkylation sites (tertiary alicyclic amines) is 1. The van der Waals surface area contributed by atoms with E-state index >= 15 is 0 Å². The van der Waals surface area contributed by atoms with Gasteiger partial charge in [-0.3, -0.25) is 9.39 Å². The number of aliphatic imine (C=N–C) groups is 1. The number of nitrogens with one attached hydrogen (secondary N) is 1. The van der Waals surface area contributed by atoms with Gasteiger partial charge in [0, 0.05) is 39.3 Å². The number of fused-ring (bicyclic) bond motifs is 1. The molecule has 3 heterocycles. The second kappa shape index (κ2) is 8.87. The molecule has 3 aromatic rings. The SMILES string of the molecule is CN=C(NCCCc1nnc2ccccn12)N1CCC(Cc2ccccc2)C1. The van der Waals surface area contributed by atoms with Crippen LogP contribution in [0, 0.1) is 5.92 Å². The van der Waals surface area contributed by atoms with E-state index in [1.807, 2.05) is 31.4 Å². The Bertz CT molecular complexity index is 917. The predicted octanol–water partition coefficient (Wildman–Crippen LogP) is 2.80. The number of rotatable bonds is 6. The summed E-state index contributed by atoms with van der Waals surface area (Å²) in [5.41, 5.74) is 2.33. The van der Waals surface area contributed by atoms with Gasteiger partial charge >= 0.3 is 0 Å². The van der Waals surface area contributed by atoms with Crippen LogP contribution in [0.5, 0.6) is 0 Å².